The van der Waals surface area contributed by atoms with E-state index in [1.54, 1.807) is 19.2 Å². The van der Waals surface area contributed by atoms with Crippen molar-refractivity contribution >= 4 is 6.08 Å². The lowest BCUT2D eigenvalue weighted by Gasteiger charge is -2.10. The lowest BCUT2D eigenvalue weighted by molar-refractivity contribution is 0.619. The molecule has 23 heavy (non-hydrogen) atoms. The van der Waals surface area contributed by atoms with Crippen molar-refractivity contribution in [1.29, 1.82) is 0 Å². The first kappa shape index (κ1) is 15.2. The summed E-state index contributed by atoms with van der Waals surface area (Å²) in [5, 5.41) is 0. The third-order valence-corrected chi connectivity index (χ3v) is 3.82. The van der Waals surface area contributed by atoms with Gasteiger partial charge in [-0.25, -0.2) is 4.39 Å². The van der Waals surface area contributed by atoms with Crippen molar-refractivity contribution < 1.29 is 4.39 Å². The van der Waals surface area contributed by atoms with Crippen LogP contribution in [0.25, 0.3) is 28.5 Å². The van der Waals surface area contributed by atoms with Gasteiger partial charge in [-0.1, -0.05) is 42.5 Å². The van der Waals surface area contributed by atoms with Gasteiger partial charge >= 0.3 is 0 Å². The van der Waals surface area contributed by atoms with Crippen molar-refractivity contribution in [2.45, 2.75) is 13.8 Å². The van der Waals surface area contributed by atoms with Crippen LogP contribution in [0, 0.1) is 12.7 Å². The van der Waals surface area contributed by atoms with Gasteiger partial charge in [-0.15, -0.1) is 0 Å². The van der Waals surface area contributed by atoms with E-state index >= 15 is 0 Å². The largest absolute Gasteiger partial charge is 0.256 e. The number of benzene rings is 2. The lowest BCUT2D eigenvalue weighted by Crippen LogP contribution is -1.91. The SMILES string of the molecule is C/C=C\c1ccc(-c2cccnc2-c2ccc(F)c(C)c2)cc1. The van der Waals surface area contributed by atoms with Crippen molar-refractivity contribution in [3.8, 4) is 22.4 Å². The molecule has 3 rings (SSSR count). The summed E-state index contributed by atoms with van der Waals surface area (Å²) in [5.74, 6) is -0.193. The van der Waals surface area contributed by atoms with Crippen molar-refractivity contribution in [1.82, 2.24) is 4.98 Å². The number of nitrogens with zero attached hydrogens (tertiary/aromatic N) is 1. The Morgan fingerprint density at radius 2 is 1.70 bits per heavy atom. The minimum absolute atomic E-state index is 0.193. The molecule has 1 nitrogen and oxygen atoms in total. The second kappa shape index (κ2) is 6.57. The molecule has 114 valence electrons. The molecular weight excluding hydrogens is 285 g/mol. The molecule has 0 spiro atoms. The highest BCUT2D eigenvalue weighted by molar-refractivity contribution is 5.81. The molecule has 0 fully saturated rings. The van der Waals surface area contributed by atoms with Gasteiger partial charge in [0.2, 0.25) is 0 Å². The summed E-state index contributed by atoms with van der Waals surface area (Å²) >= 11 is 0. The Bertz CT molecular complexity index is 848. The molecule has 0 bridgehead atoms. The Labute approximate surface area is 136 Å². The molecule has 2 aromatic carbocycles. The first-order valence-electron chi connectivity index (χ1n) is 7.63. The Kier molecular flexibility index (Phi) is 4.33. The van der Waals surface area contributed by atoms with E-state index in [1.165, 1.54) is 11.6 Å². The van der Waals surface area contributed by atoms with Crippen LogP contribution in [-0.4, -0.2) is 4.98 Å². The molecule has 0 radical (unpaired) electrons. The Morgan fingerprint density at radius 3 is 2.39 bits per heavy atom. The molecule has 0 amide bonds. The van der Waals surface area contributed by atoms with Crippen LogP contribution in [0.3, 0.4) is 0 Å². The van der Waals surface area contributed by atoms with Crippen LogP contribution in [0.2, 0.25) is 0 Å². The van der Waals surface area contributed by atoms with Gasteiger partial charge in [0.05, 0.1) is 5.69 Å². The fourth-order valence-electron chi connectivity index (χ4n) is 2.63. The molecule has 0 saturated heterocycles. The van der Waals surface area contributed by atoms with Gasteiger partial charge < -0.3 is 0 Å². The van der Waals surface area contributed by atoms with Crippen molar-refractivity contribution in [3.05, 3.63) is 83.8 Å². The van der Waals surface area contributed by atoms with Gasteiger partial charge in [-0.3, -0.25) is 4.98 Å². The Morgan fingerprint density at radius 1 is 0.957 bits per heavy atom. The molecule has 2 heteroatoms. The minimum atomic E-state index is -0.193. The number of aryl methyl sites for hydroxylation is 1. The van der Waals surface area contributed by atoms with Crippen LogP contribution in [0.15, 0.2) is 66.9 Å². The molecule has 0 aliphatic carbocycles. The highest BCUT2D eigenvalue weighted by Crippen LogP contribution is 2.31. The van der Waals surface area contributed by atoms with E-state index < -0.39 is 0 Å². The number of aromatic nitrogens is 1. The van der Waals surface area contributed by atoms with E-state index in [4.69, 9.17) is 0 Å². The first-order chi connectivity index (χ1) is 11.2. The standard InChI is InChI=1S/C21H18FN/c1-3-5-16-7-9-17(10-8-16)19-6-4-13-23-21(19)18-11-12-20(22)15(2)14-18/h3-14H,1-2H3/b5-3-. The van der Waals surface area contributed by atoms with E-state index in [2.05, 4.69) is 35.3 Å². The van der Waals surface area contributed by atoms with E-state index in [-0.39, 0.29) is 5.82 Å². The minimum Gasteiger partial charge on any atom is -0.256 e. The summed E-state index contributed by atoms with van der Waals surface area (Å²) in [7, 11) is 0. The fourth-order valence-corrected chi connectivity index (χ4v) is 2.63. The van der Waals surface area contributed by atoms with Crippen LogP contribution >= 0.6 is 0 Å². The molecule has 3 aromatic rings. The van der Waals surface area contributed by atoms with Gasteiger partial charge in [0.1, 0.15) is 5.82 Å². The summed E-state index contributed by atoms with van der Waals surface area (Å²) in [6, 6.07) is 17.4. The number of pyridine rings is 1. The lowest BCUT2D eigenvalue weighted by atomic mass is 9.97. The molecule has 1 heterocycles. The van der Waals surface area contributed by atoms with Crippen molar-refractivity contribution in [3.63, 3.8) is 0 Å². The predicted octanol–water partition coefficient (Wildman–Crippen LogP) is 5.90. The molecule has 0 saturated carbocycles. The average molecular weight is 303 g/mol. The van der Waals surface area contributed by atoms with Gasteiger partial charge in [0, 0.05) is 17.3 Å². The number of hydrogen-bond donors (Lipinski definition) is 0. The van der Waals surface area contributed by atoms with E-state index in [0.29, 0.717) is 5.56 Å². The van der Waals surface area contributed by atoms with Gasteiger partial charge in [-0.05, 0) is 54.8 Å². The quantitative estimate of drug-likeness (QED) is 0.587. The Hall–Kier alpha value is -2.74. The number of hydrogen-bond acceptors (Lipinski definition) is 1. The molecule has 0 aliphatic heterocycles. The molecule has 0 aliphatic rings. The smallest absolute Gasteiger partial charge is 0.126 e. The van der Waals surface area contributed by atoms with Gasteiger partial charge in [-0.2, -0.15) is 0 Å². The molecule has 1 aromatic heterocycles. The predicted molar refractivity (Wildman–Crippen MR) is 94.5 cm³/mol. The maximum atomic E-state index is 13.5. The van der Waals surface area contributed by atoms with Crippen molar-refractivity contribution in [2.75, 3.05) is 0 Å². The zero-order valence-corrected chi connectivity index (χ0v) is 13.3. The monoisotopic (exact) mass is 303 g/mol. The number of halogens is 1. The van der Waals surface area contributed by atoms with Crippen LogP contribution in [0.5, 0.6) is 0 Å². The van der Waals surface area contributed by atoms with Crippen LogP contribution in [0.4, 0.5) is 4.39 Å². The van der Waals surface area contributed by atoms with E-state index in [1.807, 2.05) is 31.2 Å². The van der Waals surface area contributed by atoms with E-state index in [0.717, 1.165) is 22.4 Å². The fraction of sp³-hybridized carbons (Fsp3) is 0.0952. The Balaban J connectivity index is 2.08. The normalized spacial score (nSPS) is 11.1. The maximum Gasteiger partial charge on any atom is 0.126 e. The molecule has 0 unspecified atom stereocenters. The molecule has 0 N–H and O–H groups in total. The zero-order valence-electron chi connectivity index (χ0n) is 13.3. The highest BCUT2D eigenvalue weighted by atomic mass is 19.1. The zero-order chi connectivity index (χ0) is 16.2. The average Bonchev–Trinajstić information content (AvgIpc) is 2.58. The second-order valence-corrected chi connectivity index (χ2v) is 5.49. The summed E-state index contributed by atoms with van der Waals surface area (Å²) < 4.78 is 13.5. The third kappa shape index (κ3) is 3.21. The van der Waals surface area contributed by atoms with Gasteiger partial charge in [0.15, 0.2) is 0 Å². The first-order valence-corrected chi connectivity index (χ1v) is 7.63. The summed E-state index contributed by atoms with van der Waals surface area (Å²) in [4.78, 5) is 4.52. The van der Waals surface area contributed by atoms with E-state index in [9.17, 15) is 4.39 Å². The second-order valence-electron chi connectivity index (χ2n) is 5.49. The highest BCUT2D eigenvalue weighted by Gasteiger charge is 2.09. The summed E-state index contributed by atoms with van der Waals surface area (Å²) in [5.41, 5.74) is 5.74. The van der Waals surface area contributed by atoms with Gasteiger partial charge in [0.25, 0.3) is 0 Å². The van der Waals surface area contributed by atoms with Crippen LogP contribution in [-0.2, 0) is 0 Å². The maximum absolute atomic E-state index is 13.5. The topological polar surface area (TPSA) is 12.9 Å². The van der Waals surface area contributed by atoms with Crippen LogP contribution in [0.1, 0.15) is 18.1 Å². The molecular formula is C21H18FN. The van der Waals surface area contributed by atoms with Crippen molar-refractivity contribution in [2.24, 2.45) is 0 Å². The molecule has 0 atom stereocenters. The van der Waals surface area contributed by atoms with Crippen LogP contribution < -0.4 is 0 Å². The summed E-state index contributed by atoms with van der Waals surface area (Å²) in [6.07, 6.45) is 5.86. The third-order valence-electron chi connectivity index (χ3n) is 3.82. The number of allylic oxidation sites excluding steroid dienone is 1. The number of rotatable bonds is 3. The summed E-state index contributed by atoms with van der Waals surface area (Å²) in [6.45, 7) is 3.78.